The molecule has 0 aromatic heterocycles. The highest BCUT2D eigenvalue weighted by molar-refractivity contribution is 5.41. The molecular formula is C14H23NO3. The van der Waals surface area contributed by atoms with E-state index in [1.807, 2.05) is 6.07 Å². The number of rotatable bonds is 7. The normalized spacial score (nSPS) is 11.6. The molecule has 0 spiro atoms. The summed E-state index contributed by atoms with van der Waals surface area (Å²) in [4.78, 5) is 0. The molecule has 0 amide bonds. The average molecular weight is 253 g/mol. The fourth-order valence-corrected chi connectivity index (χ4v) is 1.90. The molecule has 102 valence electrons. The van der Waals surface area contributed by atoms with Gasteiger partial charge in [0.2, 0.25) is 0 Å². The van der Waals surface area contributed by atoms with E-state index in [2.05, 4.69) is 19.2 Å². The number of methoxy groups -OCH3 is 1. The lowest BCUT2D eigenvalue weighted by atomic mass is 9.93. The fourth-order valence-electron chi connectivity index (χ4n) is 1.90. The number of phenols is 1. The highest BCUT2D eigenvalue weighted by Gasteiger charge is 2.24. The topological polar surface area (TPSA) is 61.7 Å². The Morgan fingerprint density at radius 2 is 1.94 bits per heavy atom. The van der Waals surface area contributed by atoms with Crippen molar-refractivity contribution in [1.82, 2.24) is 5.32 Å². The predicted octanol–water partition coefficient (Wildman–Crippen LogP) is 2.04. The zero-order valence-electron chi connectivity index (χ0n) is 11.4. The minimum Gasteiger partial charge on any atom is -0.504 e. The number of hydrogen-bond acceptors (Lipinski definition) is 4. The predicted molar refractivity (Wildman–Crippen MR) is 71.9 cm³/mol. The van der Waals surface area contributed by atoms with Crippen LogP contribution in [-0.4, -0.2) is 29.5 Å². The average Bonchev–Trinajstić information content (AvgIpc) is 2.42. The molecule has 0 heterocycles. The van der Waals surface area contributed by atoms with Crippen molar-refractivity contribution in [2.24, 2.45) is 0 Å². The first kappa shape index (κ1) is 14.8. The summed E-state index contributed by atoms with van der Waals surface area (Å²) in [6, 6.07) is 5.27. The lowest BCUT2D eigenvalue weighted by Crippen LogP contribution is -2.47. The molecule has 4 nitrogen and oxygen atoms in total. The Labute approximate surface area is 109 Å². The van der Waals surface area contributed by atoms with Crippen molar-refractivity contribution >= 4 is 0 Å². The number of nitrogens with one attached hydrogen (secondary N) is 1. The van der Waals surface area contributed by atoms with E-state index in [1.165, 1.54) is 7.11 Å². The summed E-state index contributed by atoms with van der Waals surface area (Å²) in [6.07, 6.45) is 1.74. The number of aliphatic hydroxyl groups is 1. The van der Waals surface area contributed by atoms with E-state index >= 15 is 0 Å². The van der Waals surface area contributed by atoms with E-state index < -0.39 is 0 Å². The molecule has 0 bridgehead atoms. The molecule has 0 radical (unpaired) electrons. The number of aliphatic hydroxyl groups excluding tert-OH is 1. The van der Waals surface area contributed by atoms with Crippen molar-refractivity contribution < 1.29 is 14.9 Å². The maximum Gasteiger partial charge on any atom is 0.160 e. The zero-order valence-corrected chi connectivity index (χ0v) is 11.4. The molecule has 0 aliphatic carbocycles. The first-order valence-electron chi connectivity index (χ1n) is 6.32. The summed E-state index contributed by atoms with van der Waals surface area (Å²) < 4.78 is 5.07. The summed E-state index contributed by atoms with van der Waals surface area (Å²) >= 11 is 0. The molecule has 1 aromatic carbocycles. The van der Waals surface area contributed by atoms with E-state index in [0.717, 1.165) is 18.4 Å². The van der Waals surface area contributed by atoms with Crippen LogP contribution in [0.4, 0.5) is 0 Å². The van der Waals surface area contributed by atoms with Crippen LogP contribution >= 0.6 is 0 Å². The summed E-state index contributed by atoms with van der Waals surface area (Å²) in [6.45, 7) is 4.88. The largest absolute Gasteiger partial charge is 0.504 e. The van der Waals surface area contributed by atoms with Gasteiger partial charge in [-0.05, 0) is 30.5 Å². The van der Waals surface area contributed by atoms with E-state index in [9.17, 15) is 10.2 Å². The SMILES string of the molecule is CCC(CC)(CO)NCc1ccc(O)c(OC)c1. The summed E-state index contributed by atoms with van der Waals surface area (Å²) in [5, 5.41) is 22.4. The van der Waals surface area contributed by atoms with Crippen LogP contribution in [0.25, 0.3) is 0 Å². The Morgan fingerprint density at radius 1 is 1.28 bits per heavy atom. The molecule has 1 aromatic rings. The highest BCUT2D eigenvalue weighted by Crippen LogP contribution is 2.26. The van der Waals surface area contributed by atoms with Gasteiger partial charge < -0.3 is 20.3 Å². The Hall–Kier alpha value is -1.26. The van der Waals surface area contributed by atoms with Crippen LogP contribution in [0.1, 0.15) is 32.3 Å². The van der Waals surface area contributed by atoms with Crippen molar-refractivity contribution in [1.29, 1.82) is 0 Å². The first-order valence-corrected chi connectivity index (χ1v) is 6.32. The number of benzene rings is 1. The minimum absolute atomic E-state index is 0.120. The van der Waals surface area contributed by atoms with Crippen LogP contribution in [0.3, 0.4) is 0 Å². The van der Waals surface area contributed by atoms with Crippen LogP contribution in [0.2, 0.25) is 0 Å². The quantitative estimate of drug-likeness (QED) is 0.696. The summed E-state index contributed by atoms with van der Waals surface area (Å²) in [5.74, 6) is 0.609. The minimum atomic E-state index is -0.231. The van der Waals surface area contributed by atoms with Gasteiger partial charge in [-0.2, -0.15) is 0 Å². The molecule has 0 saturated carbocycles. The van der Waals surface area contributed by atoms with Gasteiger partial charge in [0.25, 0.3) is 0 Å². The van der Waals surface area contributed by atoms with Gasteiger partial charge in [-0.15, -0.1) is 0 Å². The maximum atomic E-state index is 9.52. The smallest absolute Gasteiger partial charge is 0.160 e. The first-order chi connectivity index (χ1) is 8.60. The van der Waals surface area contributed by atoms with Gasteiger partial charge >= 0.3 is 0 Å². The summed E-state index contributed by atoms with van der Waals surface area (Å²) in [5.41, 5.74) is 0.787. The van der Waals surface area contributed by atoms with E-state index in [1.54, 1.807) is 12.1 Å². The molecule has 4 heteroatoms. The molecular weight excluding hydrogens is 230 g/mol. The van der Waals surface area contributed by atoms with Crippen molar-refractivity contribution in [3.05, 3.63) is 23.8 Å². The highest BCUT2D eigenvalue weighted by atomic mass is 16.5. The molecule has 0 saturated heterocycles. The third-order valence-electron chi connectivity index (χ3n) is 3.57. The Balaban J connectivity index is 2.73. The lowest BCUT2D eigenvalue weighted by Gasteiger charge is -2.31. The fraction of sp³-hybridized carbons (Fsp3) is 0.571. The lowest BCUT2D eigenvalue weighted by molar-refractivity contribution is 0.149. The van der Waals surface area contributed by atoms with Gasteiger partial charge in [0.1, 0.15) is 0 Å². The third kappa shape index (κ3) is 3.37. The van der Waals surface area contributed by atoms with Gasteiger partial charge in [-0.3, -0.25) is 0 Å². The Kier molecular flexibility index (Phi) is 5.44. The number of hydrogen-bond donors (Lipinski definition) is 3. The molecule has 0 unspecified atom stereocenters. The maximum absolute atomic E-state index is 9.52. The molecule has 1 rings (SSSR count). The van der Waals surface area contributed by atoms with Crippen molar-refractivity contribution in [2.75, 3.05) is 13.7 Å². The number of aromatic hydroxyl groups is 1. The van der Waals surface area contributed by atoms with Gasteiger partial charge in [-0.25, -0.2) is 0 Å². The van der Waals surface area contributed by atoms with Crippen molar-refractivity contribution in [3.63, 3.8) is 0 Å². The molecule has 0 aliphatic rings. The van der Waals surface area contributed by atoms with Gasteiger partial charge in [0.05, 0.1) is 13.7 Å². The second-order valence-corrected chi connectivity index (χ2v) is 4.51. The van der Waals surface area contributed by atoms with E-state index in [0.29, 0.717) is 12.3 Å². The molecule has 0 fully saturated rings. The molecule has 0 aliphatic heterocycles. The van der Waals surface area contributed by atoms with Crippen LogP contribution in [-0.2, 0) is 6.54 Å². The number of ether oxygens (including phenoxy) is 1. The second-order valence-electron chi connectivity index (χ2n) is 4.51. The van der Waals surface area contributed by atoms with Crippen molar-refractivity contribution in [2.45, 2.75) is 38.8 Å². The van der Waals surface area contributed by atoms with E-state index in [-0.39, 0.29) is 17.9 Å². The van der Waals surface area contributed by atoms with Gasteiger partial charge in [0.15, 0.2) is 11.5 Å². The standard InChI is InChI=1S/C14H23NO3/c1-4-14(5-2,10-16)15-9-11-6-7-12(17)13(8-11)18-3/h6-8,15-17H,4-5,9-10H2,1-3H3. The monoisotopic (exact) mass is 253 g/mol. The second kappa shape index (κ2) is 6.61. The van der Waals surface area contributed by atoms with Crippen LogP contribution in [0.5, 0.6) is 11.5 Å². The van der Waals surface area contributed by atoms with E-state index in [4.69, 9.17) is 4.74 Å². The third-order valence-corrected chi connectivity index (χ3v) is 3.57. The van der Waals surface area contributed by atoms with Gasteiger partial charge in [-0.1, -0.05) is 19.9 Å². The van der Waals surface area contributed by atoms with Crippen molar-refractivity contribution in [3.8, 4) is 11.5 Å². The van der Waals surface area contributed by atoms with Crippen LogP contribution in [0.15, 0.2) is 18.2 Å². The van der Waals surface area contributed by atoms with Gasteiger partial charge in [0, 0.05) is 12.1 Å². The Morgan fingerprint density at radius 3 is 2.44 bits per heavy atom. The zero-order chi connectivity index (χ0) is 13.6. The number of phenolic OH excluding ortho intramolecular Hbond substituents is 1. The molecule has 3 N–H and O–H groups in total. The Bertz CT molecular complexity index is 367. The van der Waals surface area contributed by atoms with Crippen LogP contribution < -0.4 is 10.1 Å². The molecule has 0 atom stereocenters. The molecule has 18 heavy (non-hydrogen) atoms. The summed E-state index contributed by atoms with van der Waals surface area (Å²) in [7, 11) is 1.53. The van der Waals surface area contributed by atoms with Crippen LogP contribution in [0, 0.1) is 0 Å².